The van der Waals surface area contributed by atoms with Crippen LogP contribution in [0.5, 0.6) is 0 Å². The summed E-state index contributed by atoms with van der Waals surface area (Å²) in [6.45, 7) is 0.482. The van der Waals surface area contributed by atoms with Gasteiger partial charge in [0, 0.05) is 32.2 Å². The largest absolute Gasteiger partial charge is 0.352 e. The summed E-state index contributed by atoms with van der Waals surface area (Å²) in [5.41, 5.74) is 7.86. The van der Waals surface area contributed by atoms with Gasteiger partial charge in [-0.05, 0) is 48.8 Å². The van der Waals surface area contributed by atoms with Gasteiger partial charge in [0.1, 0.15) is 0 Å². The summed E-state index contributed by atoms with van der Waals surface area (Å²) >= 11 is 0. The molecule has 0 radical (unpaired) electrons. The lowest BCUT2D eigenvalue weighted by atomic mass is 9.84. The van der Waals surface area contributed by atoms with Crippen molar-refractivity contribution >= 4 is 24.2 Å². The normalized spacial score (nSPS) is 27.5. The van der Waals surface area contributed by atoms with Crippen LogP contribution in [0.15, 0.2) is 24.3 Å². The maximum atomic E-state index is 12.4. The maximum absolute atomic E-state index is 12.4. The third-order valence-corrected chi connectivity index (χ3v) is 5.36. The Hall–Kier alpha value is -1.59. The summed E-state index contributed by atoms with van der Waals surface area (Å²) in [7, 11) is 3.46. The number of hydrogen-bond acceptors (Lipinski definition) is 3. The van der Waals surface area contributed by atoms with Crippen LogP contribution in [0.25, 0.3) is 0 Å². The number of amides is 2. The lowest BCUT2D eigenvalue weighted by Gasteiger charge is -2.27. The van der Waals surface area contributed by atoms with E-state index in [0.717, 1.165) is 18.4 Å². The van der Waals surface area contributed by atoms with Crippen molar-refractivity contribution in [2.75, 3.05) is 14.1 Å². The molecule has 132 valence electrons. The molecule has 1 aromatic rings. The zero-order chi connectivity index (χ0) is 16.6. The Labute approximate surface area is 149 Å². The summed E-state index contributed by atoms with van der Waals surface area (Å²) in [6, 6.07) is 7.39. The monoisotopic (exact) mass is 351 g/mol. The van der Waals surface area contributed by atoms with Crippen LogP contribution < -0.4 is 11.1 Å². The zero-order valence-electron chi connectivity index (χ0n) is 14.2. The van der Waals surface area contributed by atoms with E-state index in [1.165, 1.54) is 6.42 Å². The minimum absolute atomic E-state index is 0. The molecule has 2 bridgehead atoms. The summed E-state index contributed by atoms with van der Waals surface area (Å²) < 4.78 is 0. The molecule has 4 atom stereocenters. The molecule has 24 heavy (non-hydrogen) atoms. The van der Waals surface area contributed by atoms with Gasteiger partial charge in [-0.3, -0.25) is 9.59 Å². The molecule has 2 aliphatic rings. The number of carbonyl (C=O) groups is 2. The molecule has 0 aliphatic heterocycles. The van der Waals surface area contributed by atoms with Crippen LogP contribution in [-0.4, -0.2) is 36.9 Å². The van der Waals surface area contributed by atoms with Gasteiger partial charge < -0.3 is 16.0 Å². The smallest absolute Gasteiger partial charge is 0.253 e. The molecular weight excluding hydrogens is 326 g/mol. The fraction of sp³-hybridized carbons (Fsp3) is 0.556. The third kappa shape index (κ3) is 3.57. The van der Waals surface area contributed by atoms with Gasteiger partial charge in [0.25, 0.3) is 5.91 Å². The van der Waals surface area contributed by atoms with Crippen molar-refractivity contribution in [3.05, 3.63) is 35.4 Å². The number of benzene rings is 1. The Morgan fingerprint density at radius 2 is 1.79 bits per heavy atom. The molecule has 2 aliphatic carbocycles. The molecule has 2 saturated carbocycles. The molecule has 0 aromatic heterocycles. The molecule has 3 N–H and O–H groups in total. The molecule has 2 fully saturated rings. The second kappa shape index (κ2) is 7.53. The van der Waals surface area contributed by atoms with E-state index in [1.807, 2.05) is 12.1 Å². The van der Waals surface area contributed by atoms with Gasteiger partial charge in [-0.15, -0.1) is 12.4 Å². The molecular formula is C18H26ClN3O2. The molecule has 2 amide bonds. The topological polar surface area (TPSA) is 75.4 Å². The molecule has 5 nitrogen and oxygen atoms in total. The second-order valence-corrected chi connectivity index (χ2v) is 7.05. The van der Waals surface area contributed by atoms with E-state index in [9.17, 15) is 9.59 Å². The summed E-state index contributed by atoms with van der Waals surface area (Å²) in [4.78, 5) is 25.8. The number of hydrogen-bond donors (Lipinski definition) is 2. The number of nitrogens with zero attached hydrogens (tertiary/aromatic N) is 1. The van der Waals surface area contributed by atoms with E-state index in [2.05, 4.69) is 5.32 Å². The number of halogens is 1. The zero-order valence-corrected chi connectivity index (χ0v) is 15.0. The van der Waals surface area contributed by atoms with Crippen molar-refractivity contribution in [1.29, 1.82) is 0 Å². The molecule has 0 spiro atoms. The van der Waals surface area contributed by atoms with Crippen LogP contribution in [0.1, 0.15) is 35.2 Å². The van der Waals surface area contributed by atoms with E-state index in [0.29, 0.717) is 23.9 Å². The number of fused-ring (bicyclic) bond motifs is 2. The number of nitrogens with two attached hydrogens (primary N) is 1. The standard InChI is InChI=1S/C18H25N3O2.ClH/c1-21(2)18(23)12-5-3-11(4-6-12)10-20-17(22)15-13-7-8-14(9-13)16(15)19;/h3-6,13-16H,7-10,19H2,1-2H3,(H,20,22);1H. The number of rotatable bonds is 4. The van der Waals surface area contributed by atoms with Crippen LogP contribution in [0.3, 0.4) is 0 Å². The Morgan fingerprint density at radius 3 is 2.33 bits per heavy atom. The van der Waals surface area contributed by atoms with Gasteiger partial charge in [-0.1, -0.05) is 12.1 Å². The van der Waals surface area contributed by atoms with Gasteiger partial charge in [0.05, 0.1) is 5.92 Å². The Kier molecular flexibility index (Phi) is 5.88. The molecule has 4 unspecified atom stereocenters. The highest BCUT2D eigenvalue weighted by atomic mass is 35.5. The van der Waals surface area contributed by atoms with Crippen LogP contribution in [0.4, 0.5) is 0 Å². The highest BCUT2D eigenvalue weighted by molar-refractivity contribution is 5.93. The molecule has 1 aromatic carbocycles. The lowest BCUT2D eigenvalue weighted by molar-refractivity contribution is -0.127. The van der Waals surface area contributed by atoms with Crippen molar-refractivity contribution in [1.82, 2.24) is 10.2 Å². The summed E-state index contributed by atoms with van der Waals surface area (Å²) in [6.07, 6.45) is 3.43. The molecule has 6 heteroatoms. The Bertz CT molecular complexity index is 601. The number of carbonyl (C=O) groups excluding carboxylic acids is 2. The van der Waals surface area contributed by atoms with E-state index >= 15 is 0 Å². The fourth-order valence-electron chi connectivity index (χ4n) is 4.06. The van der Waals surface area contributed by atoms with E-state index in [1.54, 1.807) is 31.1 Å². The SMILES string of the molecule is CN(C)C(=O)c1ccc(CNC(=O)C2C3CCC(C3)C2N)cc1.Cl. The van der Waals surface area contributed by atoms with Crippen molar-refractivity contribution in [3.63, 3.8) is 0 Å². The molecule has 3 rings (SSSR count). The van der Waals surface area contributed by atoms with Crippen LogP contribution in [0, 0.1) is 17.8 Å². The Morgan fingerprint density at radius 1 is 1.17 bits per heavy atom. The van der Waals surface area contributed by atoms with Gasteiger partial charge >= 0.3 is 0 Å². The quantitative estimate of drug-likeness (QED) is 0.868. The predicted octanol–water partition coefficient (Wildman–Crippen LogP) is 1.80. The van der Waals surface area contributed by atoms with Gasteiger partial charge in [-0.25, -0.2) is 0 Å². The lowest BCUT2D eigenvalue weighted by Crippen LogP contribution is -2.45. The van der Waals surface area contributed by atoms with Crippen molar-refractivity contribution in [2.45, 2.75) is 31.8 Å². The second-order valence-electron chi connectivity index (χ2n) is 7.05. The fourth-order valence-corrected chi connectivity index (χ4v) is 4.06. The average molecular weight is 352 g/mol. The summed E-state index contributed by atoms with van der Waals surface area (Å²) in [5.74, 6) is 1.04. The van der Waals surface area contributed by atoms with Crippen molar-refractivity contribution in [2.24, 2.45) is 23.5 Å². The van der Waals surface area contributed by atoms with Crippen LogP contribution in [0.2, 0.25) is 0 Å². The molecule has 0 heterocycles. The third-order valence-electron chi connectivity index (χ3n) is 5.36. The highest BCUT2D eigenvalue weighted by Crippen LogP contribution is 2.47. The minimum Gasteiger partial charge on any atom is -0.352 e. The first-order valence-corrected chi connectivity index (χ1v) is 8.31. The minimum atomic E-state index is -0.0247. The van der Waals surface area contributed by atoms with Gasteiger partial charge in [0.2, 0.25) is 5.91 Å². The first kappa shape index (κ1) is 18.7. The van der Waals surface area contributed by atoms with Gasteiger partial charge in [0.15, 0.2) is 0 Å². The number of nitrogens with one attached hydrogen (secondary N) is 1. The van der Waals surface area contributed by atoms with E-state index < -0.39 is 0 Å². The van der Waals surface area contributed by atoms with Gasteiger partial charge in [-0.2, -0.15) is 0 Å². The average Bonchev–Trinajstić information content (AvgIpc) is 3.13. The highest BCUT2D eigenvalue weighted by Gasteiger charge is 2.48. The first-order valence-electron chi connectivity index (χ1n) is 8.31. The van der Waals surface area contributed by atoms with E-state index in [-0.39, 0.29) is 36.2 Å². The van der Waals surface area contributed by atoms with E-state index in [4.69, 9.17) is 5.73 Å². The van der Waals surface area contributed by atoms with Crippen LogP contribution >= 0.6 is 12.4 Å². The molecule has 0 saturated heterocycles. The predicted molar refractivity (Wildman–Crippen MR) is 95.9 cm³/mol. The van der Waals surface area contributed by atoms with Crippen LogP contribution in [-0.2, 0) is 11.3 Å². The maximum Gasteiger partial charge on any atom is 0.253 e. The Balaban J connectivity index is 0.00000208. The first-order chi connectivity index (χ1) is 11.0. The summed E-state index contributed by atoms with van der Waals surface area (Å²) in [5, 5.41) is 3.01. The van der Waals surface area contributed by atoms with Crippen molar-refractivity contribution < 1.29 is 9.59 Å². The van der Waals surface area contributed by atoms with Crippen molar-refractivity contribution in [3.8, 4) is 0 Å².